The number of allylic oxidation sites excluding steroid dienone is 1. The lowest BCUT2D eigenvalue weighted by Gasteiger charge is -2.10. The quantitative estimate of drug-likeness (QED) is 0.576. The standard InChI is InChI=1S/C10H14N2O2S/c1-8(2)9(3)7-15(13,14)10-11-5-4-6-12-10/h4-6,9H,1,7H2,2-3H3/t9-/m1/s1. The van der Waals surface area contributed by atoms with Crippen LogP contribution >= 0.6 is 0 Å². The van der Waals surface area contributed by atoms with Crippen molar-refractivity contribution in [2.75, 3.05) is 5.75 Å². The summed E-state index contributed by atoms with van der Waals surface area (Å²) in [6.45, 7) is 7.36. The predicted molar refractivity (Wildman–Crippen MR) is 58.1 cm³/mol. The summed E-state index contributed by atoms with van der Waals surface area (Å²) < 4.78 is 23.6. The summed E-state index contributed by atoms with van der Waals surface area (Å²) in [5.74, 6) is -0.0781. The number of sulfone groups is 1. The Morgan fingerprint density at radius 3 is 2.47 bits per heavy atom. The van der Waals surface area contributed by atoms with Gasteiger partial charge in [0.15, 0.2) is 0 Å². The fourth-order valence-electron chi connectivity index (χ4n) is 0.992. The van der Waals surface area contributed by atoms with Crippen LogP contribution in [0.4, 0.5) is 0 Å². The van der Waals surface area contributed by atoms with Gasteiger partial charge in [0.25, 0.3) is 0 Å². The molecule has 0 aliphatic rings. The van der Waals surface area contributed by atoms with Crippen molar-refractivity contribution in [2.45, 2.75) is 19.0 Å². The number of hydrogen-bond donors (Lipinski definition) is 0. The fourth-order valence-corrected chi connectivity index (χ4v) is 2.53. The first kappa shape index (κ1) is 11.8. The van der Waals surface area contributed by atoms with Gasteiger partial charge >= 0.3 is 0 Å². The summed E-state index contributed by atoms with van der Waals surface area (Å²) in [5, 5.41) is -0.113. The lowest BCUT2D eigenvalue weighted by Crippen LogP contribution is -2.16. The van der Waals surface area contributed by atoms with Crippen LogP contribution in [0.3, 0.4) is 0 Å². The molecule has 0 N–H and O–H groups in total. The number of hydrogen-bond acceptors (Lipinski definition) is 4. The van der Waals surface area contributed by atoms with E-state index in [-0.39, 0.29) is 16.8 Å². The minimum absolute atomic E-state index is 0.00630. The van der Waals surface area contributed by atoms with Gasteiger partial charge in [-0.3, -0.25) is 0 Å². The Hall–Kier alpha value is -1.23. The third-order valence-corrected chi connectivity index (χ3v) is 3.84. The average Bonchev–Trinajstić information content (AvgIpc) is 2.18. The minimum Gasteiger partial charge on any atom is -0.227 e. The molecule has 1 aromatic rings. The summed E-state index contributed by atoms with van der Waals surface area (Å²) in [5.41, 5.74) is 0.842. The number of nitrogens with zero attached hydrogens (tertiary/aromatic N) is 2. The predicted octanol–water partition coefficient (Wildman–Crippen LogP) is 1.46. The van der Waals surface area contributed by atoms with Crippen molar-refractivity contribution < 1.29 is 8.42 Å². The van der Waals surface area contributed by atoms with Crippen LogP contribution < -0.4 is 0 Å². The Morgan fingerprint density at radius 1 is 1.47 bits per heavy atom. The first-order valence-electron chi connectivity index (χ1n) is 4.58. The van der Waals surface area contributed by atoms with E-state index in [0.717, 1.165) is 5.57 Å². The Bertz CT molecular complexity index is 440. The Labute approximate surface area is 90.0 Å². The van der Waals surface area contributed by atoms with Crippen LogP contribution in [0.5, 0.6) is 0 Å². The first-order chi connectivity index (χ1) is 6.93. The summed E-state index contributed by atoms with van der Waals surface area (Å²) in [7, 11) is -3.39. The van der Waals surface area contributed by atoms with Gasteiger partial charge in [0, 0.05) is 12.4 Å². The first-order valence-corrected chi connectivity index (χ1v) is 6.24. The highest BCUT2D eigenvalue weighted by molar-refractivity contribution is 7.91. The second-order valence-corrected chi connectivity index (χ2v) is 5.49. The van der Waals surface area contributed by atoms with E-state index in [0.29, 0.717) is 0 Å². The average molecular weight is 226 g/mol. The molecule has 82 valence electrons. The van der Waals surface area contributed by atoms with Crippen LogP contribution in [0.15, 0.2) is 35.8 Å². The second kappa shape index (κ2) is 4.53. The zero-order valence-corrected chi connectivity index (χ0v) is 9.66. The summed E-state index contributed by atoms with van der Waals surface area (Å²) in [4.78, 5) is 7.47. The summed E-state index contributed by atoms with van der Waals surface area (Å²) in [6.07, 6.45) is 2.84. The fraction of sp³-hybridized carbons (Fsp3) is 0.400. The minimum atomic E-state index is -3.39. The third kappa shape index (κ3) is 3.13. The van der Waals surface area contributed by atoms with Gasteiger partial charge in [-0.25, -0.2) is 18.4 Å². The zero-order valence-electron chi connectivity index (χ0n) is 8.84. The maximum absolute atomic E-state index is 11.8. The molecule has 0 saturated carbocycles. The van der Waals surface area contributed by atoms with Crippen molar-refractivity contribution in [3.63, 3.8) is 0 Å². The molecular weight excluding hydrogens is 212 g/mol. The smallest absolute Gasteiger partial charge is 0.227 e. The van der Waals surface area contributed by atoms with E-state index in [4.69, 9.17) is 0 Å². The van der Waals surface area contributed by atoms with Crippen molar-refractivity contribution >= 4 is 9.84 Å². The molecule has 1 atom stereocenters. The lowest BCUT2D eigenvalue weighted by molar-refractivity contribution is 0.576. The molecule has 1 heterocycles. The zero-order chi connectivity index (χ0) is 11.5. The highest BCUT2D eigenvalue weighted by Gasteiger charge is 2.21. The van der Waals surface area contributed by atoms with Crippen LogP contribution in [0, 0.1) is 5.92 Å². The van der Waals surface area contributed by atoms with Gasteiger partial charge < -0.3 is 0 Å². The van der Waals surface area contributed by atoms with Crippen molar-refractivity contribution in [1.29, 1.82) is 0 Å². The van der Waals surface area contributed by atoms with E-state index in [2.05, 4.69) is 16.5 Å². The van der Waals surface area contributed by atoms with Gasteiger partial charge in [0.05, 0.1) is 5.75 Å². The lowest BCUT2D eigenvalue weighted by atomic mass is 10.1. The van der Waals surface area contributed by atoms with Crippen LogP contribution in [0.2, 0.25) is 0 Å². The SMILES string of the molecule is C=C(C)[C@H](C)CS(=O)(=O)c1ncccn1. The molecule has 15 heavy (non-hydrogen) atoms. The summed E-state index contributed by atoms with van der Waals surface area (Å²) in [6, 6.07) is 1.58. The van der Waals surface area contributed by atoms with E-state index in [1.165, 1.54) is 12.4 Å². The van der Waals surface area contributed by atoms with Crippen molar-refractivity contribution in [1.82, 2.24) is 9.97 Å². The molecule has 0 spiro atoms. The van der Waals surface area contributed by atoms with E-state index in [9.17, 15) is 8.42 Å². The number of aromatic nitrogens is 2. The van der Waals surface area contributed by atoms with Crippen LogP contribution in [0.25, 0.3) is 0 Å². The molecule has 0 fully saturated rings. The Kier molecular flexibility index (Phi) is 3.57. The molecule has 0 aliphatic heterocycles. The van der Waals surface area contributed by atoms with E-state index in [1.54, 1.807) is 6.07 Å². The Balaban J connectivity index is 2.91. The van der Waals surface area contributed by atoms with Gasteiger partial charge in [-0.15, -0.1) is 0 Å². The molecule has 0 bridgehead atoms. The third-order valence-electron chi connectivity index (χ3n) is 2.13. The molecule has 0 aliphatic carbocycles. The molecule has 0 unspecified atom stereocenters. The largest absolute Gasteiger partial charge is 0.247 e. The molecule has 0 amide bonds. The van der Waals surface area contributed by atoms with E-state index < -0.39 is 9.84 Å². The number of rotatable bonds is 4. The molecule has 1 rings (SSSR count). The van der Waals surface area contributed by atoms with Gasteiger partial charge in [-0.1, -0.05) is 19.1 Å². The van der Waals surface area contributed by atoms with Gasteiger partial charge in [0.2, 0.25) is 15.0 Å². The highest BCUT2D eigenvalue weighted by Crippen LogP contribution is 2.14. The van der Waals surface area contributed by atoms with Crippen molar-refractivity contribution in [3.8, 4) is 0 Å². The van der Waals surface area contributed by atoms with E-state index in [1.807, 2.05) is 13.8 Å². The molecule has 1 aromatic heterocycles. The van der Waals surface area contributed by atoms with Crippen molar-refractivity contribution in [3.05, 3.63) is 30.6 Å². The molecule has 0 saturated heterocycles. The highest BCUT2D eigenvalue weighted by atomic mass is 32.2. The molecular formula is C10H14N2O2S. The maximum Gasteiger partial charge on any atom is 0.247 e. The molecule has 0 aromatic carbocycles. The van der Waals surface area contributed by atoms with Gasteiger partial charge in [-0.05, 0) is 18.9 Å². The second-order valence-electron chi connectivity index (χ2n) is 3.56. The van der Waals surface area contributed by atoms with Crippen LogP contribution in [-0.4, -0.2) is 24.1 Å². The normalized spacial score (nSPS) is 13.5. The maximum atomic E-state index is 11.8. The molecule has 0 radical (unpaired) electrons. The molecule has 4 nitrogen and oxygen atoms in total. The monoisotopic (exact) mass is 226 g/mol. The van der Waals surface area contributed by atoms with Crippen LogP contribution in [-0.2, 0) is 9.84 Å². The Morgan fingerprint density at radius 2 is 2.00 bits per heavy atom. The summed E-state index contributed by atoms with van der Waals surface area (Å²) >= 11 is 0. The topological polar surface area (TPSA) is 59.9 Å². The van der Waals surface area contributed by atoms with Crippen LogP contribution in [0.1, 0.15) is 13.8 Å². The van der Waals surface area contributed by atoms with E-state index >= 15 is 0 Å². The van der Waals surface area contributed by atoms with Gasteiger partial charge in [0.1, 0.15) is 0 Å². The van der Waals surface area contributed by atoms with Crippen molar-refractivity contribution in [2.24, 2.45) is 5.92 Å². The van der Waals surface area contributed by atoms with Gasteiger partial charge in [-0.2, -0.15) is 0 Å². The molecule has 5 heteroatoms.